The molecule has 0 aromatic carbocycles. The van der Waals surface area contributed by atoms with Gasteiger partial charge in [-0.2, -0.15) is 4.57 Å². The molecule has 1 heterocycles. The Labute approximate surface area is 192 Å². The van der Waals surface area contributed by atoms with Crippen LogP contribution in [-0.4, -0.2) is 49.9 Å². The lowest BCUT2D eigenvalue weighted by Gasteiger charge is -2.26. The first-order chi connectivity index (χ1) is 15.2. The summed E-state index contributed by atoms with van der Waals surface area (Å²) in [6, 6.07) is 0. The summed E-state index contributed by atoms with van der Waals surface area (Å²) in [5.41, 5.74) is 0. The van der Waals surface area contributed by atoms with E-state index >= 15 is 0 Å². The number of hydrogen-bond acceptors (Lipinski definition) is 8. The number of unbranched alkanes of at least 4 members (excludes halogenated alkanes) is 5. The lowest BCUT2D eigenvalue weighted by atomic mass is 10.1. The molecule has 0 spiro atoms. The van der Waals surface area contributed by atoms with Crippen LogP contribution in [0.25, 0.3) is 0 Å². The third-order valence-corrected chi connectivity index (χ3v) is 4.66. The highest BCUT2D eigenvalue weighted by atomic mass is 32.3. The van der Waals surface area contributed by atoms with E-state index in [1.807, 2.05) is 31.7 Å². The van der Waals surface area contributed by atoms with Crippen LogP contribution in [0.15, 0.2) is 18.7 Å². The van der Waals surface area contributed by atoms with Crippen LogP contribution in [0.3, 0.4) is 0 Å². The zero-order valence-electron chi connectivity index (χ0n) is 20.1. The Balaban J connectivity index is 0.000000649. The molecule has 188 valence electrons. The fraction of sp³-hybridized carbons (Fsp3) is 0.810. The Bertz CT molecular complexity index is 723. The molecule has 0 aliphatic carbocycles. The average Bonchev–Trinajstić information content (AvgIpc) is 3.17. The number of esters is 1. The smallest absolute Gasteiger partial charge is 0.430 e. The average molecular weight is 481 g/mol. The zero-order valence-corrected chi connectivity index (χ0v) is 20.9. The second kappa shape index (κ2) is 17.0. The predicted molar refractivity (Wildman–Crippen MR) is 117 cm³/mol. The molecule has 0 bridgehead atoms. The number of aryl methyl sites for hydroxylation is 1. The molecule has 1 atom stereocenters. The first-order valence-corrected chi connectivity index (χ1v) is 12.6. The minimum atomic E-state index is -4.47. The van der Waals surface area contributed by atoms with E-state index < -0.39 is 22.3 Å². The van der Waals surface area contributed by atoms with Crippen LogP contribution in [0.4, 0.5) is 0 Å². The summed E-state index contributed by atoms with van der Waals surface area (Å²) in [5, 5.41) is 0. The minimum absolute atomic E-state index is 0.0258. The molecule has 0 aliphatic heterocycles. The van der Waals surface area contributed by atoms with E-state index in [1.165, 1.54) is 19.3 Å². The van der Waals surface area contributed by atoms with E-state index in [2.05, 4.69) is 11.1 Å². The topological polar surface area (TPSA) is 120 Å². The number of hydrogen-bond donors (Lipinski definition) is 0. The molecule has 0 saturated carbocycles. The monoisotopic (exact) mass is 480 g/mol. The largest absolute Gasteiger partial charge is 0.726 e. The van der Waals surface area contributed by atoms with Crippen molar-refractivity contribution in [1.82, 2.24) is 4.57 Å². The number of aromatic nitrogens is 2. The van der Waals surface area contributed by atoms with Gasteiger partial charge in [-0.3, -0.25) is 4.18 Å². The van der Waals surface area contributed by atoms with Crippen LogP contribution >= 0.6 is 0 Å². The zero-order chi connectivity index (χ0) is 24.5. The molecule has 32 heavy (non-hydrogen) atoms. The van der Waals surface area contributed by atoms with Gasteiger partial charge in [0.1, 0.15) is 12.4 Å². The molecule has 0 aliphatic rings. The number of carbonyl (C=O) groups excluding carboxylic acids is 1. The van der Waals surface area contributed by atoms with E-state index in [-0.39, 0.29) is 13.2 Å². The molecule has 1 aromatic rings. The minimum Gasteiger partial charge on any atom is -0.726 e. The Morgan fingerprint density at radius 3 is 2.12 bits per heavy atom. The van der Waals surface area contributed by atoms with Gasteiger partial charge < -0.3 is 18.8 Å². The van der Waals surface area contributed by atoms with Crippen LogP contribution < -0.4 is 4.57 Å². The van der Waals surface area contributed by atoms with Gasteiger partial charge in [0.05, 0.1) is 33.5 Å². The summed E-state index contributed by atoms with van der Waals surface area (Å²) in [4.78, 5) is 12.3. The van der Waals surface area contributed by atoms with Crippen molar-refractivity contribution in [3.8, 4) is 0 Å². The SMILES string of the molecule is CCCCCCCCOS(=O)(=O)[O-].CCCOC(OCC)(C(=O)OCC)n1cc[n+](C)c1. The van der Waals surface area contributed by atoms with Crippen LogP contribution in [-0.2, 0) is 46.5 Å². The van der Waals surface area contributed by atoms with Gasteiger partial charge in [0, 0.05) is 0 Å². The first-order valence-electron chi connectivity index (χ1n) is 11.3. The molecular weight excluding hydrogens is 440 g/mol. The standard InChI is InChI=1S/C13H23N2O4.C8H18O4S/c1-5-10-19-13(18-7-3,12(16)17-6-2)15-9-8-14(4)11-15;1-2-3-4-5-6-7-8-12-13(9,10)11/h8-9,11H,5-7,10H2,1-4H3;2-8H2,1H3,(H,9,10,11)/q+1;/p-1. The van der Waals surface area contributed by atoms with E-state index in [0.29, 0.717) is 19.6 Å². The maximum atomic E-state index is 12.3. The maximum Gasteiger partial charge on any atom is 0.430 e. The Morgan fingerprint density at radius 1 is 0.969 bits per heavy atom. The van der Waals surface area contributed by atoms with E-state index in [0.717, 1.165) is 19.3 Å². The number of ether oxygens (including phenoxy) is 3. The Kier molecular flexibility index (Phi) is 16.2. The first kappa shape index (κ1) is 30.5. The number of imidazole rings is 1. The fourth-order valence-corrected chi connectivity index (χ4v) is 3.06. The van der Waals surface area contributed by atoms with Crippen LogP contribution in [0.1, 0.15) is 72.6 Å². The highest BCUT2D eigenvalue weighted by molar-refractivity contribution is 7.80. The number of carbonyl (C=O) groups is 1. The van der Waals surface area contributed by atoms with Crippen molar-refractivity contribution in [3.63, 3.8) is 0 Å². The van der Waals surface area contributed by atoms with Gasteiger partial charge in [-0.1, -0.05) is 46.0 Å². The second-order valence-electron chi connectivity index (χ2n) is 7.07. The van der Waals surface area contributed by atoms with Crippen molar-refractivity contribution in [2.75, 3.05) is 26.4 Å². The third kappa shape index (κ3) is 12.5. The van der Waals surface area contributed by atoms with Gasteiger partial charge in [-0.25, -0.2) is 17.8 Å². The molecule has 10 nitrogen and oxygen atoms in total. The lowest BCUT2D eigenvalue weighted by molar-refractivity contribution is -0.671. The normalized spacial score (nSPS) is 13.2. The number of rotatable bonds is 16. The van der Waals surface area contributed by atoms with Crippen molar-refractivity contribution in [2.45, 2.75) is 78.6 Å². The van der Waals surface area contributed by atoms with Crippen LogP contribution in [0.2, 0.25) is 0 Å². The summed E-state index contributed by atoms with van der Waals surface area (Å²) in [6.07, 6.45) is 12.2. The molecule has 0 saturated heterocycles. The Hall–Kier alpha value is -1.53. The van der Waals surface area contributed by atoms with Crippen molar-refractivity contribution in [3.05, 3.63) is 18.7 Å². The summed E-state index contributed by atoms with van der Waals surface area (Å²) < 4.78 is 53.8. The molecule has 1 aromatic heterocycles. The molecule has 11 heteroatoms. The van der Waals surface area contributed by atoms with Gasteiger partial charge in [-0.15, -0.1) is 0 Å². The number of nitrogens with zero attached hydrogens (tertiary/aromatic N) is 2. The fourth-order valence-electron chi connectivity index (χ4n) is 2.74. The summed E-state index contributed by atoms with van der Waals surface area (Å²) in [7, 11) is -2.61. The highest BCUT2D eigenvalue weighted by Gasteiger charge is 2.50. The maximum absolute atomic E-state index is 12.3. The van der Waals surface area contributed by atoms with Gasteiger partial charge in [-0.05, 0) is 26.7 Å². The van der Waals surface area contributed by atoms with Gasteiger partial charge >= 0.3 is 11.9 Å². The van der Waals surface area contributed by atoms with Gasteiger partial charge in [0.2, 0.25) is 16.7 Å². The molecule has 0 radical (unpaired) electrons. The summed E-state index contributed by atoms with van der Waals surface area (Å²) in [5.74, 6) is -2.08. The van der Waals surface area contributed by atoms with E-state index in [1.54, 1.807) is 24.0 Å². The molecule has 1 unspecified atom stereocenters. The van der Waals surface area contributed by atoms with Crippen LogP contribution in [0.5, 0.6) is 0 Å². The predicted octanol–water partition coefficient (Wildman–Crippen LogP) is 2.77. The molecule has 0 N–H and O–H groups in total. The Morgan fingerprint density at radius 2 is 1.62 bits per heavy atom. The van der Waals surface area contributed by atoms with Crippen molar-refractivity contribution in [1.29, 1.82) is 0 Å². The lowest BCUT2D eigenvalue weighted by Crippen LogP contribution is -2.48. The quantitative estimate of drug-likeness (QED) is 0.0884. The van der Waals surface area contributed by atoms with Crippen molar-refractivity contribution in [2.24, 2.45) is 7.05 Å². The van der Waals surface area contributed by atoms with Crippen molar-refractivity contribution < 1.29 is 40.7 Å². The van der Waals surface area contributed by atoms with Gasteiger partial charge in [0.25, 0.3) is 0 Å². The van der Waals surface area contributed by atoms with E-state index in [9.17, 15) is 17.8 Å². The molecule has 1 rings (SSSR count). The van der Waals surface area contributed by atoms with Crippen molar-refractivity contribution >= 4 is 16.4 Å². The van der Waals surface area contributed by atoms with Crippen LogP contribution in [0, 0.1) is 0 Å². The van der Waals surface area contributed by atoms with E-state index in [4.69, 9.17) is 14.2 Å². The van der Waals surface area contributed by atoms with Gasteiger partial charge in [0.15, 0.2) is 0 Å². The summed E-state index contributed by atoms with van der Waals surface area (Å²) >= 11 is 0. The highest BCUT2D eigenvalue weighted by Crippen LogP contribution is 2.22. The summed E-state index contributed by atoms with van der Waals surface area (Å²) in [6.45, 7) is 8.71. The second-order valence-corrected chi connectivity index (χ2v) is 8.12. The molecular formula is C21H40N2O8S. The molecule has 0 fully saturated rings. The molecule has 0 amide bonds. The third-order valence-electron chi connectivity index (χ3n) is 4.21.